The lowest BCUT2D eigenvalue weighted by atomic mass is 10.0. The second kappa shape index (κ2) is 10.1. The van der Waals surface area contributed by atoms with Crippen molar-refractivity contribution < 1.29 is 29.0 Å². The van der Waals surface area contributed by atoms with E-state index in [1.54, 1.807) is 18.2 Å². The summed E-state index contributed by atoms with van der Waals surface area (Å²) in [6.45, 7) is 1.93. The Hall–Kier alpha value is -3.66. The van der Waals surface area contributed by atoms with Gasteiger partial charge in [-0.2, -0.15) is 5.10 Å². The van der Waals surface area contributed by atoms with Gasteiger partial charge in [0.25, 0.3) is 0 Å². The molecule has 0 aliphatic carbocycles. The third-order valence-electron chi connectivity index (χ3n) is 4.66. The van der Waals surface area contributed by atoms with Crippen molar-refractivity contribution in [2.45, 2.75) is 18.6 Å². The number of carbonyl (C=O) groups excluding carboxylic acids is 2. The number of carbonyl (C=O) groups is 3. The van der Waals surface area contributed by atoms with Crippen molar-refractivity contribution in [1.82, 2.24) is 5.32 Å². The van der Waals surface area contributed by atoms with Gasteiger partial charge in [-0.3, -0.25) is 9.59 Å². The molecule has 2 aromatic rings. The van der Waals surface area contributed by atoms with Gasteiger partial charge in [0, 0.05) is 17.5 Å². The minimum Gasteiger partial charge on any atom is -0.493 e. The van der Waals surface area contributed by atoms with Crippen LogP contribution in [0, 0.1) is 6.92 Å². The van der Waals surface area contributed by atoms with Crippen molar-refractivity contribution in [2.24, 2.45) is 10.2 Å². The molecule has 0 bridgehead atoms. The maximum absolute atomic E-state index is 12.4. The maximum atomic E-state index is 12.4. The first kappa shape index (κ1) is 23.0. The predicted octanol–water partition coefficient (Wildman–Crippen LogP) is 2.90. The first-order valence-electron chi connectivity index (χ1n) is 9.50. The standard InChI is InChI=1S/C22H21N3O6S/c1-12-4-6-13(7-5-12)15(26)10-17-20(27)24-22(32-17)25-23-11-14-8-9-16(30-2)19(31-3)18(14)21(28)29/h4-9,11,17H,10H2,1-3H3,(H,28,29)(H,24,25,27)/b23-11-. The molecular weight excluding hydrogens is 434 g/mol. The second-order valence-electron chi connectivity index (χ2n) is 6.81. The van der Waals surface area contributed by atoms with E-state index in [1.807, 2.05) is 19.1 Å². The molecule has 1 aliphatic heterocycles. The van der Waals surface area contributed by atoms with Crippen molar-refractivity contribution in [3.8, 4) is 11.5 Å². The lowest BCUT2D eigenvalue weighted by Gasteiger charge is -2.11. The quantitative estimate of drug-likeness (QED) is 0.356. The van der Waals surface area contributed by atoms with Gasteiger partial charge in [-0.25, -0.2) is 4.79 Å². The van der Waals surface area contributed by atoms with E-state index >= 15 is 0 Å². The Morgan fingerprint density at radius 2 is 1.88 bits per heavy atom. The van der Waals surface area contributed by atoms with Crippen molar-refractivity contribution in [3.63, 3.8) is 0 Å². The summed E-state index contributed by atoms with van der Waals surface area (Å²) in [5.41, 5.74) is 1.71. The molecule has 3 rings (SSSR count). The number of carboxylic acids is 1. The summed E-state index contributed by atoms with van der Waals surface area (Å²) in [6, 6.07) is 10.2. The predicted molar refractivity (Wildman–Crippen MR) is 121 cm³/mol. The highest BCUT2D eigenvalue weighted by atomic mass is 32.2. The van der Waals surface area contributed by atoms with E-state index in [0.717, 1.165) is 17.3 Å². The number of aryl methyl sites for hydroxylation is 1. The summed E-state index contributed by atoms with van der Waals surface area (Å²) >= 11 is 1.10. The summed E-state index contributed by atoms with van der Waals surface area (Å²) in [7, 11) is 2.75. The van der Waals surface area contributed by atoms with E-state index in [-0.39, 0.29) is 45.9 Å². The molecule has 0 saturated carbocycles. The number of aromatic carboxylic acids is 1. The van der Waals surface area contributed by atoms with E-state index in [0.29, 0.717) is 5.56 Å². The zero-order valence-electron chi connectivity index (χ0n) is 17.6. The minimum absolute atomic E-state index is 0.0289. The highest BCUT2D eigenvalue weighted by Gasteiger charge is 2.32. The smallest absolute Gasteiger partial charge is 0.340 e. The summed E-state index contributed by atoms with van der Waals surface area (Å²) in [5, 5.41) is 19.6. The highest BCUT2D eigenvalue weighted by molar-refractivity contribution is 8.15. The number of ketones is 1. The van der Waals surface area contributed by atoms with Gasteiger partial charge >= 0.3 is 5.97 Å². The van der Waals surface area contributed by atoms with E-state index < -0.39 is 11.2 Å². The third-order valence-corrected chi connectivity index (χ3v) is 5.73. The molecule has 1 saturated heterocycles. The number of Topliss-reactive ketones (excluding diaryl/α,β-unsaturated/α-hetero) is 1. The van der Waals surface area contributed by atoms with E-state index in [1.165, 1.54) is 26.5 Å². The van der Waals surface area contributed by atoms with Crippen molar-refractivity contribution in [2.75, 3.05) is 14.2 Å². The summed E-state index contributed by atoms with van der Waals surface area (Å²) < 4.78 is 10.3. The fourth-order valence-corrected chi connectivity index (χ4v) is 3.95. The number of nitrogens with zero attached hydrogens (tertiary/aromatic N) is 2. The monoisotopic (exact) mass is 455 g/mol. The van der Waals surface area contributed by atoms with Gasteiger partial charge in [-0.05, 0) is 19.1 Å². The van der Waals surface area contributed by atoms with Gasteiger partial charge in [-0.15, -0.1) is 5.10 Å². The fraction of sp³-hybridized carbons (Fsp3) is 0.227. The molecule has 1 fully saturated rings. The van der Waals surface area contributed by atoms with Crippen LogP contribution in [0.25, 0.3) is 0 Å². The largest absolute Gasteiger partial charge is 0.493 e. The number of hydrogen-bond donors (Lipinski definition) is 2. The Bertz CT molecular complexity index is 1110. The van der Waals surface area contributed by atoms with Crippen LogP contribution in [-0.2, 0) is 4.79 Å². The van der Waals surface area contributed by atoms with Crippen LogP contribution in [0.2, 0.25) is 0 Å². The second-order valence-corrected chi connectivity index (χ2v) is 8.00. The number of nitrogens with one attached hydrogen (secondary N) is 1. The molecule has 0 radical (unpaired) electrons. The normalized spacial score (nSPS) is 16.9. The van der Waals surface area contributed by atoms with E-state index in [4.69, 9.17) is 9.47 Å². The number of methoxy groups -OCH3 is 2. The molecule has 1 amide bonds. The van der Waals surface area contributed by atoms with Crippen LogP contribution >= 0.6 is 11.8 Å². The third kappa shape index (κ3) is 5.14. The lowest BCUT2D eigenvalue weighted by molar-refractivity contribution is -0.118. The average molecular weight is 455 g/mol. The maximum Gasteiger partial charge on any atom is 0.340 e. The molecule has 9 nitrogen and oxygen atoms in total. The van der Waals surface area contributed by atoms with E-state index in [2.05, 4.69) is 15.5 Å². The molecule has 1 unspecified atom stereocenters. The molecule has 1 atom stereocenters. The van der Waals surface area contributed by atoms with Crippen LogP contribution in [-0.4, -0.2) is 53.6 Å². The Labute approximate surface area is 188 Å². The Morgan fingerprint density at radius 1 is 1.16 bits per heavy atom. The fourth-order valence-electron chi connectivity index (χ4n) is 3.03. The van der Waals surface area contributed by atoms with Gasteiger partial charge < -0.3 is 19.9 Å². The molecule has 1 heterocycles. The molecule has 10 heteroatoms. The number of ether oxygens (including phenoxy) is 2. The highest BCUT2D eigenvalue weighted by Crippen LogP contribution is 2.33. The lowest BCUT2D eigenvalue weighted by Crippen LogP contribution is -2.26. The first-order chi connectivity index (χ1) is 15.3. The van der Waals surface area contributed by atoms with Gasteiger partial charge in [0.2, 0.25) is 5.91 Å². The van der Waals surface area contributed by atoms with Crippen molar-refractivity contribution in [1.29, 1.82) is 0 Å². The van der Waals surface area contributed by atoms with Gasteiger partial charge in [0.05, 0.1) is 25.7 Å². The van der Waals surface area contributed by atoms with Crippen molar-refractivity contribution >= 4 is 40.8 Å². The van der Waals surface area contributed by atoms with Crippen molar-refractivity contribution in [3.05, 3.63) is 58.7 Å². The molecule has 0 spiro atoms. The minimum atomic E-state index is -1.21. The van der Waals surface area contributed by atoms with E-state index in [9.17, 15) is 19.5 Å². The summed E-state index contributed by atoms with van der Waals surface area (Å²) in [4.78, 5) is 36.3. The molecule has 166 valence electrons. The number of thioether (sulfide) groups is 1. The zero-order chi connectivity index (χ0) is 23.3. The van der Waals surface area contributed by atoms with Crippen LogP contribution < -0.4 is 14.8 Å². The number of carboxylic acid groups (broad SMARTS) is 1. The Balaban J connectivity index is 1.72. The number of benzene rings is 2. The summed E-state index contributed by atoms with van der Waals surface area (Å²) in [6.07, 6.45) is 1.27. The zero-order valence-corrected chi connectivity index (χ0v) is 18.4. The van der Waals surface area contributed by atoms with Crippen LogP contribution in [0.15, 0.2) is 46.6 Å². The molecular formula is C22H21N3O6S. The summed E-state index contributed by atoms with van der Waals surface area (Å²) in [5.74, 6) is -1.35. The number of amides is 1. The van der Waals surface area contributed by atoms with Gasteiger partial charge in [-0.1, -0.05) is 41.6 Å². The molecule has 0 aromatic heterocycles. The van der Waals surface area contributed by atoms with Crippen LogP contribution in [0.5, 0.6) is 11.5 Å². The topological polar surface area (TPSA) is 127 Å². The Kier molecular flexibility index (Phi) is 7.26. The first-order valence-corrected chi connectivity index (χ1v) is 10.4. The number of amidine groups is 1. The van der Waals surface area contributed by atoms with Gasteiger partial charge in [0.15, 0.2) is 22.4 Å². The molecule has 2 aromatic carbocycles. The Morgan fingerprint density at radius 3 is 2.50 bits per heavy atom. The SMILES string of the molecule is COc1ccc(/C=N\N=C2/NC(=O)C(CC(=O)c3ccc(C)cc3)S2)c(C(=O)O)c1OC. The van der Waals surface area contributed by atoms with Crippen LogP contribution in [0.1, 0.15) is 38.3 Å². The molecule has 1 aliphatic rings. The molecule has 32 heavy (non-hydrogen) atoms. The number of rotatable bonds is 8. The number of hydrogen-bond acceptors (Lipinski definition) is 8. The average Bonchev–Trinajstić information content (AvgIpc) is 3.12. The van der Waals surface area contributed by atoms with Crippen LogP contribution in [0.4, 0.5) is 0 Å². The van der Waals surface area contributed by atoms with Gasteiger partial charge in [0.1, 0.15) is 5.56 Å². The van der Waals surface area contributed by atoms with Crippen LogP contribution in [0.3, 0.4) is 0 Å². The molecule has 2 N–H and O–H groups in total.